The molecule has 0 radical (unpaired) electrons. The van der Waals surface area contributed by atoms with Crippen molar-refractivity contribution in [1.82, 2.24) is 4.90 Å². The lowest BCUT2D eigenvalue weighted by atomic mass is 10.1. The molecule has 0 aromatic heterocycles. The van der Waals surface area contributed by atoms with E-state index in [1.54, 1.807) is 7.11 Å². The van der Waals surface area contributed by atoms with Crippen LogP contribution < -0.4 is 0 Å². The van der Waals surface area contributed by atoms with Crippen LogP contribution in [0.15, 0.2) is 0 Å². The Morgan fingerprint density at radius 3 is 2.93 bits per heavy atom. The summed E-state index contributed by atoms with van der Waals surface area (Å²) in [5.74, 6) is 0.728. The molecule has 1 heterocycles. The molecule has 0 N–H and O–H groups in total. The third-order valence-electron chi connectivity index (χ3n) is 2.55. The number of methoxy groups -OCH3 is 1. The van der Waals surface area contributed by atoms with Crippen LogP contribution in [0.4, 0.5) is 0 Å². The molecule has 0 aromatic rings. The van der Waals surface area contributed by atoms with E-state index in [4.69, 9.17) is 9.47 Å². The van der Waals surface area contributed by atoms with Crippen LogP contribution in [0.25, 0.3) is 0 Å². The highest BCUT2D eigenvalue weighted by molar-refractivity contribution is 9.09. The van der Waals surface area contributed by atoms with E-state index in [9.17, 15) is 0 Å². The summed E-state index contributed by atoms with van der Waals surface area (Å²) in [6, 6.07) is 0. The molecule has 1 unspecified atom stereocenters. The molecule has 1 atom stereocenters. The molecule has 84 valence electrons. The van der Waals surface area contributed by atoms with Gasteiger partial charge in [-0.15, -0.1) is 0 Å². The second-order valence-corrected chi connectivity index (χ2v) is 4.51. The first kappa shape index (κ1) is 12.4. The zero-order valence-electron chi connectivity index (χ0n) is 8.88. The molecule has 0 amide bonds. The van der Waals surface area contributed by atoms with Gasteiger partial charge in [-0.05, 0) is 12.3 Å². The summed E-state index contributed by atoms with van der Waals surface area (Å²) in [4.78, 5) is 2.44. The van der Waals surface area contributed by atoms with Crippen LogP contribution in [0.5, 0.6) is 0 Å². The molecule has 1 aliphatic heterocycles. The Balaban J connectivity index is 2.18. The van der Waals surface area contributed by atoms with Crippen molar-refractivity contribution < 1.29 is 9.47 Å². The third kappa shape index (κ3) is 4.73. The van der Waals surface area contributed by atoms with E-state index in [1.165, 1.54) is 6.42 Å². The number of halogens is 1. The summed E-state index contributed by atoms with van der Waals surface area (Å²) < 4.78 is 10.5. The Morgan fingerprint density at radius 2 is 2.36 bits per heavy atom. The first-order chi connectivity index (χ1) is 6.86. The lowest BCUT2D eigenvalue weighted by molar-refractivity contribution is 0.132. The minimum absolute atomic E-state index is 0.728. The van der Waals surface area contributed by atoms with Crippen molar-refractivity contribution in [2.24, 2.45) is 5.92 Å². The molecule has 1 saturated heterocycles. The standard InChI is InChI=1S/C10H20BrNO2/c1-13-7-5-12(4-3-11)8-10-2-6-14-9-10/h10H,2-9H2,1H3. The number of alkyl halides is 1. The molecule has 3 nitrogen and oxygen atoms in total. The minimum Gasteiger partial charge on any atom is -0.383 e. The fourth-order valence-corrected chi connectivity index (χ4v) is 2.23. The molecule has 1 aliphatic rings. The van der Waals surface area contributed by atoms with Crippen molar-refractivity contribution in [3.8, 4) is 0 Å². The van der Waals surface area contributed by atoms with Crippen molar-refractivity contribution in [1.29, 1.82) is 0 Å². The fourth-order valence-electron chi connectivity index (χ4n) is 1.73. The molecular formula is C10H20BrNO2. The van der Waals surface area contributed by atoms with Crippen LogP contribution in [-0.2, 0) is 9.47 Å². The average Bonchev–Trinajstić information content (AvgIpc) is 2.67. The maximum absolute atomic E-state index is 5.37. The van der Waals surface area contributed by atoms with Crippen LogP contribution >= 0.6 is 15.9 Å². The highest BCUT2D eigenvalue weighted by Crippen LogP contribution is 2.13. The Labute approximate surface area is 94.9 Å². The predicted octanol–water partition coefficient (Wildman–Crippen LogP) is 1.37. The van der Waals surface area contributed by atoms with Gasteiger partial charge in [-0.25, -0.2) is 0 Å². The second-order valence-electron chi connectivity index (χ2n) is 3.71. The molecule has 4 heteroatoms. The highest BCUT2D eigenvalue weighted by atomic mass is 79.9. The predicted molar refractivity (Wildman–Crippen MR) is 61.0 cm³/mol. The molecule has 0 spiro atoms. The lowest BCUT2D eigenvalue weighted by Crippen LogP contribution is -2.34. The number of hydrogen-bond donors (Lipinski definition) is 0. The zero-order valence-corrected chi connectivity index (χ0v) is 10.5. The van der Waals surface area contributed by atoms with Gasteiger partial charge >= 0.3 is 0 Å². The first-order valence-corrected chi connectivity index (χ1v) is 6.34. The third-order valence-corrected chi connectivity index (χ3v) is 2.91. The van der Waals surface area contributed by atoms with Crippen LogP contribution in [-0.4, -0.2) is 56.8 Å². The van der Waals surface area contributed by atoms with E-state index in [-0.39, 0.29) is 0 Å². The van der Waals surface area contributed by atoms with Crippen LogP contribution in [0.3, 0.4) is 0 Å². The van der Waals surface area contributed by atoms with Crippen molar-refractivity contribution >= 4 is 15.9 Å². The SMILES string of the molecule is COCCN(CCBr)CC1CCOC1. The summed E-state index contributed by atoms with van der Waals surface area (Å²) in [5, 5.41) is 1.03. The van der Waals surface area contributed by atoms with Gasteiger partial charge in [-0.3, -0.25) is 4.90 Å². The molecular weight excluding hydrogens is 246 g/mol. The van der Waals surface area contributed by atoms with E-state index in [1.807, 2.05) is 0 Å². The summed E-state index contributed by atoms with van der Waals surface area (Å²) in [5.41, 5.74) is 0. The molecule has 1 fully saturated rings. The van der Waals surface area contributed by atoms with Gasteiger partial charge < -0.3 is 9.47 Å². The highest BCUT2D eigenvalue weighted by Gasteiger charge is 2.18. The number of ether oxygens (including phenoxy) is 2. The smallest absolute Gasteiger partial charge is 0.0589 e. The number of rotatable bonds is 7. The van der Waals surface area contributed by atoms with Gasteiger partial charge in [0.15, 0.2) is 0 Å². The fraction of sp³-hybridized carbons (Fsp3) is 1.00. The van der Waals surface area contributed by atoms with Gasteiger partial charge in [0, 0.05) is 38.7 Å². The quantitative estimate of drug-likeness (QED) is 0.650. The van der Waals surface area contributed by atoms with E-state index in [0.717, 1.165) is 50.7 Å². The summed E-state index contributed by atoms with van der Waals surface area (Å²) in [6.45, 7) is 5.97. The summed E-state index contributed by atoms with van der Waals surface area (Å²) >= 11 is 3.48. The molecule has 0 aliphatic carbocycles. The van der Waals surface area contributed by atoms with Gasteiger partial charge in [0.05, 0.1) is 13.2 Å². The maximum atomic E-state index is 5.37. The Kier molecular flexibility index (Phi) is 6.77. The normalized spacial score (nSPS) is 22.1. The first-order valence-electron chi connectivity index (χ1n) is 5.21. The van der Waals surface area contributed by atoms with Gasteiger partial charge in [0.25, 0.3) is 0 Å². The lowest BCUT2D eigenvalue weighted by Gasteiger charge is -2.23. The number of nitrogens with zero attached hydrogens (tertiary/aromatic N) is 1. The maximum Gasteiger partial charge on any atom is 0.0589 e. The second kappa shape index (κ2) is 7.63. The zero-order chi connectivity index (χ0) is 10.2. The molecule has 1 rings (SSSR count). The minimum atomic E-state index is 0.728. The monoisotopic (exact) mass is 265 g/mol. The Hall–Kier alpha value is 0.360. The Morgan fingerprint density at radius 1 is 1.50 bits per heavy atom. The molecule has 14 heavy (non-hydrogen) atoms. The van der Waals surface area contributed by atoms with Gasteiger partial charge in [-0.2, -0.15) is 0 Å². The largest absolute Gasteiger partial charge is 0.383 e. The van der Waals surface area contributed by atoms with E-state index < -0.39 is 0 Å². The van der Waals surface area contributed by atoms with Crippen molar-refractivity contribution in [3.05, 3.63) is 0 Å². The van der Waals surface area contributed by atoms with Gasteiger partial charge in [-0.1, -0.05) is 15.9 Å². The molecule has 0 aromatic carbocycles. The van der Waals surface area contributed by atoms with E-state index in [2.05, 4.69) is 20.8 Å². The molecule has 0 bridgehead atoms. The van der Waals surface area contributed by atoms with Crippen molar-refractivity contribution in [3.63, 3.8) is 0 Å². The van der Waals surface area contributed by atoms with Crippen LogP contribution in [0, 0.1) is 5.92 Å². The van der Waals surface area contributed by atoms with Crippen LogP contribution in [0.1, 0.15) is 6.42 Å². The van der Waals surface area contributed by atoms with Gasteiger partial charge in [0.2, 0.25) is 0 Å². The van der Waals surface area contributed by atoms with E-state index in [0.29, 0.717) is 0 Å². The Bertz CT molecular complexity index is 140. The summed E-state index contributed by atoms with van der Waals surface area (Å²) in [6.07, 6.45) is 1.21. The van der Waals surface area contributed by atoms with E-state index >= 15 is 0 Å². The van der Waals surface area contributed by atoms with Crippen LogP contribution in [0.2, 0.25) is 0 Å². The average molecular weight is 266 g/mol. The van der Waals surface area contributed by atoms with Crippen molar-refractivity contribution in [2.45, 2.75) is 6.42 Å². The number of hydrogen-bond acceptors (Lipinski definition) is 3. The van der Waals surface area contributed by atoms with Gasteiger partial charge in [0.1, 0.15) is 0 Å². The molecule has 0 saturated carbocycles. The summed E-state index contributed by atoms with van der Waals surface area (Å²) in [7, 11) is 1.75. The van der Waals surface area contributed by atoms with Crippen molar-refractivity contribution in [2.75, 3.05) is 51.9 Å². The topological polar surface area (TPSA) is 21.7 Å².